The molecule has 0 amide bonds. The van der Waals surface area contributed by atoms with Gasteiger partial charge in [0.05, 0.1) is 11.6 Å². The Labute approximate surface area is 216 Å². The molecule has 37 heavy (non-hydrogen) atoms. The zero-order valence-electron chi connectivity index (χ0n) is 21.4. The monoisotopic (exact) mass is 516 g/mol. The zero-order valence-corrected chi connectivity index (χ0v) is 21.4. The number of rotatable bonds is 9. The number of aliphatic carboxylic acids is 1. The predicted molar refractivity (Wildman–Crippen MR) is 137 cm³/mol. The highest BCUT2D eigenvalue weighted by molar-refractivity contribution is 5.98. The molecule has 1 unspecified atom stereocenters. The number of carboxylic acids is 1. The minimum absolute atomic E-state index is 0.0439. The van der Waals surface area contributed by atoms with E-state index in [9.17, 15) is 18.0 Å². The van der Waals surface area contributed by atoms with Crippen LogP contribution in [0.1, 0.15) is 85.8 Å². The number of benzene rings is 2. The standard InChI is InChI=1S/C29H35F3N2O3/c1-3-20-15-24(13-14-25(20)16-34-17-26(18-34)28(35)36)19(2)33-37-27(29(30,31)32)23-11-9-22(10-12-23)21-7-5-4-6-8-21/h9-15,21,26-27H,3-8,16-18H2,1-2H3,(H,35,36). The van der Waals surface area contributed by atoms with Crippen LogP contribution in [0.4, 0.5) is 13.2 Å². The number of alkyl halides is 3. The number of carboxylic acid groups (broad SMARTS) is 1. The first-order valence-electron chi connectivity index (χ1n) is 13.1. The van der Waals surface area contributed by atoms with Gasteiger partial charge < -0.3 is 9.94 Å². The second-order valence-corrected chi connectivity index (χ2v) is 10.3. The third-order valence-electron chi connectivity index (χ3n) is 7.61. The molecule has 1 heterocycles. The Kier molecular flexibility index (Phi) is 8.57. The minimum Gasteiger partial charge on any atom is -0.481 e. The molecule has 1 atom stereocenters. The van der Waals surface area contributed by atoms with Crippen molar-refractivity contribution in [3.8, 4) is 0 Å². The van der Waals surface area contributed by atoms with Gasteiger partial charge in [0.15, 0.2) is 0 Å². The molecule has 4 rings (SSSR count). The summed E-state index contributed by atoms with van der Waals surface area (Å²) in [7, 11) is 0. The molecule has 1 aliphatic heterocycles. The lowest BCUT2D eigenvalue weighted by molar-refractivity contribution is -0.224. The van der Waals surface area contributed by atoms with E-state index >= 15 is 0 Å². The largest absolute Gasteiger partial charge is 0.481 e. The summed E-state index contributed by atoms with van der Waals surface area (Å²) in [5.74, 6) is -0.670. The zero-order chi connectivity index (χ0) is 26.6. The van der Waals surface area contributed by atoms with Crippen LogP contribution in [0, 0.1) is 5.92 Å². The molecule has 2 aliphatic rings. The van der Waals surface area contributed by atoms with E-state index in [4.69, 9.17) is 9.94 Å². The highest BCUT2D eigenvalue weighted by Gasteiger charge is 2.43. The molecule has 2 fully saturated rings. The van der Waals surface area contributed by atoms with Crippen molar-refractivity contribution in [1.82, 2.24) is 4.90 Å². The third kappa shape index (κ3) is 6.72. The van der Waals surface area contributed by atoms with E-state index in [1.54, 1.807) is 19.1 Å². The van der Waals surface area contributed by atoms with Gasteiger partial charge in [0.1, 0.15) is 0 Å². The van der Waals surface area contributed by atoms with Gasteiger partial charge in [-0.1, -0.05) is 67.7 Å². The smallest absolute Gasteiger partial charge is 0.432 e. The molecule has 5 nitrogen and oxygen atoms in total. The lowest BCUT2D eigenvalue weighted by atomic mass is 9.84. The second-order valence-electron chi connectivity index (χ2n) is 10.3. The maximum Gasteiger partial charge on any atom is 0.432 e. The fourth-order valence-electron chi connectivity index (χ4n) is 5.30. The molecule has 1 saturated heterocycles. The van der Waals surface area contributed by atoms with Crippen LogP contribution in [0.25, 0.3) is 0 Å². The van der Waals surface area contributed by atoms with Crippen LogP contribution in [0.5, 0.6) is 0 Å². The molecular weight excluding hydrogens is 481 g/mol. The van der Waals surface area contributed by atoms with E-state index in [1.807, 2.05) is 25.1 Å². The fourth-order valence-corrected chi connectivity index (χ4v) is 5.30. The fraction of sp³-hybridized carbons (Fsp3) is 0.517. The van der Waals surface area contributed by atoms with E-state index in [0.29, 0.717) is 36.8 Å². The molecule has 8 heteroatoms. The SMILES string of the molecule is CCc1cc(C(C)=NOC(c2ccc(C3CCCCC3)cc2)C(F)(F)F)ccc1CN1CC(C(=O)O)C1. The topological polar surface area (TPSA) is 62.1 Å². The first-order chi connectivity index (χ1) is 17.7. The summed E-state index contributed by atoms with van der Waals surface area (Å²) in [6.45, 7) is 5.34. The Hall–Kier alpha value is -2.87. The number of oxime groups is 1. The molecule has 1 saturated carbocycles. The quantitative estimate of drug-likeness (QED) is 0.292. The summed E-state index contributed by atoms with van der Waals surface area (Å²) in [5, 5.41) is 13.0. The van der Waals surface area contributed by atoms with Crippen LogP contribution < -0.4 is 0 Å². The molecule has 2 aromatic rings. The predicted octanol–water partition coefficient (Wildman–Crippen LogP) is 6.86. The molecular formula is C29H35F3N2O3. The Balaban J connectivity index is 1.45. The third-order valence-corrected chi connectivity index (χ3v) is 7.61. The van der Waals surface area contributed by atoms with Gasteiger partial charge in [0.25, 0.3) is 0 Å². The average Bonchev–Trinajstić information content (AvgIpc) is 2.85. The Bertz CT molecular complexity index is 1100. The second kappa shape index (κ2) is 11.7. The van der Waals surface area contributed by atoms with E-state index in [0.717, 1.165) is 36.0 Å². The molecule has 0 aromatic heterocycles. The number of nitrogens with zero attached hydrogens (tertiary/aromatic N) is 2. The van der Waals surface area contributed by atoms with Gasteiger partial charge >= 0.3 is 12.1 Å². The van der Waals surface area contributed by atoms with Gasteiger partial charge in [-0.15, -0.1) is 0 Å². The number of likely N-dealkylation sites (tertiary alicyclic amines) is 1. The Morgan fingerprint density at radius 1 is 1.08 bits per heavy atom. The van der Waals surface area contributed by atoms with Gasteiger partial charge in [0.2, 0.25) is 6.10 Å². The summed E-state index contributed by atoms with van der Waals surface area (Å²) in [6, 6.07) is 12.3. The summed E-state index contributed by atoms with van der Waals surface area (Å²) < 4.78 is 41.7. The minimum atomic E-state index is -4.60. The first-order valence-corrected chi connectivity index (χ1v) is 13.1. The summed E-state index contributed by atoms with van der Waals surface area (Å²) >= 11 is 0. The van der Waals surface area contributed by atoms with Gasteiger partial charge in [-0.25, -0.2) is 0 Å². The van der Waals surface area contributed by atoms with Gasteiger partial charge in [-0.05, 0) is 60.4 Å². The number of aryl methyl sites for hydroxylation is 1. The molecule has 2 aromatic carbocycles. The molecule has 0 bridgehead atoms. The molecule has 1 N–H and O–H groups in total. The van der Waals surface area contributed by atoms with Gasteiger partial charge in [-0.2, -0.15) is 13.2 Å². The molecule has 1 aliphatic carbocycles. The van der Waals surface area contributed by atoms with Crippen LogP contribution in [-0.2, 0) is 22.6 Å². The van der Waals surface area contributed by atoms with Crippen LogP contribution in [0.15, 0.2) is 47.6 Å². The van der Waals surface area contributed by atoms with Gasteiger partial charge in [-0.3, -0.25) is 9.69 Å². The summed E-state index contributed by atoms with van der Waals surface area (Å²) in [4.78, 5) is 18.2. The van der Waals surface area contributed by atoms with Crippen molar-refractivity contribution in [1.29, 1.82) is 0 Å². The maximum atomic E-state index is 13.9. The van der Waals surface area contributed by atoms with E-state index in [1.165, 1.54) is 31.4 Å². The van der Waals surface area contributed by atoms with E-state index in [2.05, 4.69) is 10.1 Å². The number of halogens is 3. The van der Waals surface area contributed by atoms with Crippen LogP contribution in [0.3, 0.4) is 0 Å². The first kappa shape index (κ1) is 27.2. The lowest BCUT2D eigenvalue weighted by Gasteiger charge is -2.37. The van der Waals surface area contributed by atoms with Crippen LogP contribution in [-0.4, -0.2) is 41.0 Å². The van der Waals surface area contributed by atoms with Gasteiger partial charge in [0, 0.05) is 25.2 Å². The van der Waals surface area contributed by atoms with Crippen molar-refractivity contribution in [2.24, 2.45) is 11.1 Å². The highest BCUT2D eigenvalue weighted by Crippen LogP contribution is 2.38. The van der Waals surface area contributed by atoms with Crippen molar-refractivity contribution in [2.75, 3.05) is 13.1 Å². The van der Waals surface area contributed by atoms with Crippen molar-refractivity contribution in [3.05, 3.63) is 70.3 Å². The van der Waals surface area contributed by atoms with Crippen molar-refractivity contribution < 1.29 is 27.9 Å². The lowest BCUT2D eigenvalue weighted by Crippen LogP contribution is -2.49. The van der Waals surface area contributed by atoms with Crippen molar-refractivity contribution in [3.63, 3.8) is 0 Å². The van der Waals surface area contributed by atoms with E-state index < -0.39 is 18.2 Å². The Morgan fingerprint density at radius 2 is 1.76 bits per heavy atom. The molecule has 200 valence electrons. The number of hydrogen-bond acceptors (Lipinski definition) is 4. The van der Waals surface area contributed by atoms with Crippen molar-refractivity contribution >= 4 is 11.7 Å². The van der Waals surface area contributed by atoms with E-state index in [-0.39, 0.29) is 11.5 Å². The van der Waals surface area contributed by atoms with Crippen LogP contribution >= 0.6 is 0 Å². The normalized spacial score (nSPS) is 18.9. The maximum absolute atomic E-state index is 13.9. The average molecular weight is 517 g/mol. The highest BCUT2D eigenvalue weighted by atomic mass is 19.4. The Morgan fingerprint density at radius 3 is 2.35 bits per heavy atom. The van der Waals surface area contributed by atoms with Crippen LogP contribution in [0.2, 0.25) is 0 Å². The number of carbonyl (C=O) groups is 1. The van der Waals surface area contributed by atoms with Crippen molar-refractivity contribution in [2.45, 2.75) is 77.1 Å². The molecule has 0 radical (unpaired) electrons. The summed E-state index contributed by atoms with van der Waals surface area (Å²) in [5.41, 5.74) is 4.33. The number of hydrogen-bond donors (Lipinski definition) is 1. The molecule has 0 spiro atoms. The summed E-state index contributed by atoms with van der Waals surface area (Å²) in [6.07, 6.45) is -0.266.